The van der Waals surface area contributed by atoms with Gasteiger partial charge < -0.3 is 9.88 Å². The van der Waals surface area contributed by atoms with E-state index in [1.165, 1.54) is 10.6 Å². The van der Waals surface area contributed by atoms with E-state index in [9.17, 15) is 9.59 Å². The number of nitrogens with zero attached hydrogens (tertiary/aromatic N) is 2. The first-order valence-electron chi connectivity index (χ1n) is 6.43. The average molecular weight is 271 g/mol. The summed E-state index contributed by atoms with van der Waals surface area (Å²) < 4.78 is 1.45. The summed E-state index contributed by atoms with van der Waals surface area (Å²) in [6.07, 6.45) is 4.30. The normalized spacial score (nSPS) is 10.3. The van der Waals surface area contributed by atoms with Crippen LogP contribution >= 0.6 is 0 Å². The lowest BCUT2D eigenvalue weighted by atomic mass is 10.2. The molecule has 0 bridgehead atoms. The van der Waals surface area contributed by atoms with Crippen molar-refractivity contribution in [3.8, 4) is 0 Å². The summed E-state index contributed by atoms with van der Waals surface area (Å²) in [5.74, 6) is -0.0857. The van der Waals surface area contributed by atoms with Gasteiger partial charge in [-0.15, -0.1) is 0 Å². The largest absolute Gasteiger partial charge is 0.325 e. The molecule has 0 atom stereocenters. The lowest BCUT2D eigenvalue weighted by Gasteiger charge is -2.09. The number of aryl methyl sites for hydroxylation is 3. The number of nitrogens with one attached hydrogen (secondary N) is 1. The number of carbonyl (C=O) groups is 1. The van der Waals surface area contributed by atoms with E-state index in [4.69, 9.17) is 0 Å². The third-order valence-corrected chi connectivity index (χ3v) is 3.04. The Morgan fingerprint density at radius 3 is 2.90 bits per heavy atom. The molecule has 0 radical (unpaired) electrons. The van der Waals surface area contributed by atoms with Crippen molar-refractivity contribution in [1.82, 2.24) is 9.55 Å². The van der Waals surface area contributed by atoms with Gasteiger partial charge in [-0.05, 0) is 31.0 Å². The SMILES string of the molecule is Cc1cc(=O)n(C)cc1NC(=O)CCc1ccccn1. The maximum Gasteiger partial charge on any atom is 0.250 e. The van der Waals surface area contributed by atoms with E-state index in [0.29, 0.717) is 18.5 Å². The second-order valence-electron chi connectivity index (χ2n) is 4.69. The topological polar surface area (TPSA) is 64.0 Å². The minimum atomic E-state index is -0.0889. The maximum atomic E-state index is 11.9. The number of carbonyl (C=O) groups excluding carboxylic acids is 1. The first-order valence-corrected chi connectivity index (χ1v) is 6.43. The first kappa shape index (κ1) is 14.0. The van der Waals surface area contributed by atoms with Gasteiger partial charge >= 0.3 is 0 Å². The number of rotatable bonds is 4. The molecular formula is C15H17N3O2. The lowest BCUT2D eigenvalue weighted by molar-refractivity contribution is -0.116. The van der Waals surface area contributed by atoms with Crippen LogP contribution in [-0.4, -0.2) is 15.5 Å². The van der Waals surface area contributed by atoms with Crippen LogP contribution in [-0.2, 0) is 18.3 Å². The number of hydrogen-bond donors (Lipinski definition) is 1. The second kappa shape index (κ2) is 6.14. The summed E-state index contributed by atoms with van der Waals surface area (Å²) in [6, 6.07) is 7.15. The van der Waals surface area contributed by atoms with Crippen molar-refractivity contribution in [2.45, 2.75) is 19.8 Å². The van der Waals surface area contributed by atoms with E-state index in [1.54, 1.807) is 26.4 Å². The molecule has 0 aliphatic rings. The minimum absolute atomic E-state index is 0.0857. The van der Waals surface area contributed by atoms with Crippen LogP contribution in [0.3, 0.4) is 0 Å². The molecule has 0 aliphatic heterocycles. The van der Waals surface area contributed by atoms with Crippen LogP contribution in [0.1, 0.15) is 17.7 Å². The zero-order valence-electron chi connectivity index (χ0n) is 11.6. The van der Waals surface area contributed by atoms with Crippen LogP contribution in [0.4, 0.5) is 5.69 Å². The van der Waals surface area contributed by atoms with Crippen LogP contribution in [0.2, 0.25) is 0 Å². The Kier molecular flexibility index (Phi) is 4.30. The van der Waals surface area contributed by atoms with E-state index < -0.39 is 0 Å². The predicted octanol–water partition coefficient (Wildman–Crippen LogP) is 1.66. The molecule has 5 nitrogen and oxygen atoms in total. The number of aromatic nitrogens is 2. The highest BCUT2D eigenvalue weighted by Gasteiger charge is 2.07. The molecule has 1 amide bonds. The van der Waals surface area contributed by atoms with E-state index in [2.05, 4.69) is 10.3 Å². The van der Waals surface area contributed by atoms with Crippen molar-refractivity contribution in [2.24, 2.45) is 7.05 Å². The van der Waals surface area contributed by atoms with E-state index >= 15 is 0 Å². The molecule has 0 unspecified atom stereocenters. The van der Waals surface area contributed by atoms with Crippen molar-refractivity contribution in [2.75, 3.05) is 5.32 Å². The van der Waals surface area contributed by atoms with Gasteiger partial charge in [0.05, 0.1) is 5.69 Å². The van der Waals surface area contributed by atoms with Gasteiger partial charge in [0.1, 0.15) is 0 Å². The summed E-state index contributed by atoms with van der Waals surface area (Å²) in [7, 11) is 1.66. The fourth-order valence-corrected chi connectivity index (χ4v) is 1.86. The van der Waals surface area contributed by atoms with E-state index in [-0.39, 0.29) is 11.5 Å². The van der Waals surface area contributed by atoms with E-state index in [1.807, 2.05) is 18.2 Å². The summed E-state index contributed by atoms with van der Waals surface area (Å²) >= 11 is 0. The molecule has 0 fully saturated rings. The van der Waals surface area contributed by atoms with Gasteiger partial charge in [0.15, 0.2) is 0 Å². The Hall–Kier alpha value is -2.43. The van der Waals surface area contributed by atoms with Crippen LogP contribution < -0.4 is 10.9 Å². The van der Waals surface area contributed by atoms with Crippen molar-refractivity contribution in [3.63, 3.8) is 0 Å². The molecule has 0 saturated heterocycles. The Labute approximate surface area is 117 Å². The van der Waals surface area contributed by atoms with Crippen LogP contribution in [0, 0.1) is 6.92 Å². The van der Waals surface area contributed by atoms with Crippen LogP contribution in [0.25, 0.3) is 0 Å². The second-order valence-corrected chi connectivity index (χ2v) is 4.69. The summed E-state index contributed by atoms with van der Waals surface area (Å²) in [5, 5.41) is 2.82. The third kappa shape index (κ3) is 3.54. The highest BCUT2D eigenvalue weighted by molar-refractivity contribution is 5.91. The summed E-state index contributed by atoms with van der Waals surface area (Å²) in [6.45, 7) is 1.80. The highest BCUT2D eigenvalue weighted by atomic mass is 16.1. The quantitative estimate of drug-likeness (QED) is 0.919. The molecule has 2 rings (SSSR count). The van der Waals surface area contributed by atoms with Gasteiger partial charge in [0, 0.05) is 37.6 Å². The Bertz CT molecular complexity index is 663. The molecule has 0 saturated carbocycles. The van der Waals surface area contributed by atoms with Gasteiger partial charge in [-0.2, -0.15) is 0 Å². The first-order chi connectivity index (χ1) is 9.56. The van der Waals surface area contributed by atoms with Gasteiger partial charge in [-0.1, -0.05) is 6.07 Å². The standard InChI is InChI=1S/C15H17N3O2/c1-11-9-15(20)18(2)10-13(11)17-14(19)7-6-12-5-3-4-8-16-12/h3-5,8-10H,6-7H2,1-2H3,(H,17,19). The van der Waals surface area contributed by atoms with Crippen molar-refractivity contribution >= 4 is 11.6 Å². The molecular weight excluding hydrogens is 254 g/mol. The molecule has 104 valence electrons. The fraction of sp³-hybridized carbons (Fsp3) is 0.267. The average Bonchev–Trinajstić information content (AvgIpc) is 2.44. The molecule has 2 aromatic rings. The molecule has 0 aromatic carbocycles. The maximum absolute atomic E-state index is 11.9. The summed E-state index contributed by atoms with van der Waals surface area (Å²) in [5.41, 5.74) is 2.23. The smallest absolute Gasteiger partial charge is 0.250 e. The van der Waals surface area contributed by atoms with Crippen molar-refractivity contribution in [1.29, 1.82) is 0 Å². The molecule has 1 N–H and O–H groups in total. The third-order valence-electron chi connectivity index (χ3n) is 3.04. The molecule has 2 heterocycles. The van der Waals surface area contributed by atoms with Crippen LogP contribution in [0.5, 0.6) is 0 Å². The molecule has 0 spiro atoms. The molecule has 2 aromatic heterocycles. The number of anilines is 1. The minimum Gasteiger partial charge on any atom is -0.325 e. The molecule has 5 heteroatoms. The Morgan fingerprint density at radius 1 is 1.40 bits per heavy atom. The Balaban J connectivity index is 1.98. The molecule has 0 aliphatic carbocycles. The van der Waals surface area contributed by atoms with Gasteiger partial charge in [0.25, 0.3) is 5.56 Å². The van der Waals surface area contributed by atoms with Gasteiger partial charge in [-0.25, -0.2) is 0 Å². The van der Waals surface area contributed by atoms with Gasteiger partial charge in [-0.3, -0.25) is 14.6 Å². The molecule has 20 heavy (non-hydrogen) atoms. The number of amides is 1. The zero-order valence-corrected chi connectivity index (χ0v) is 11.6. The van der Waals surface area contributed by atoms with Crippen LogP contribution in [0.15, 0.2) is 41.5 Å². The predicted molar refractivity (Wildman–Crippen MR) is 77.6 cm³/mol. The zero-order chi connectivity index (χ0) is 14.5. The lowest BCUT2D eigenvalue weighted by Crippen LogP contribution is -2.19. The Morgan fingerprint density at radius 2 is 2.20 bits per heavy atom. The summed E-state index contributed by atoms with van der Waals surface area (Å²) in [4.78, 5) is 27.5. The highest BCUT2D eigenvalue weighted by Crippen LogP contribution is 2.11. The van der Waals surface area contributed by atoms with Gasteiger partial charge in [0.2, 0.25) is 5.91 Å². The number of hydrogen-bond acceptors (Lipinski definition) is 3. The van der Waals surface area contributed by atoms with Crippen molar-refractivity contribution in [3.05, 3.63) is 58.3 Å². The van der Waals surface area contributed by atoms with E-state index in [0.717, 1.165) is 11.3 Å². The number of pyridine rings is 2. The monoisotopic (exact) mass is 271 g/mol. The fourth-order valence-electron chi connectivity index (χ4n) is 1.86. The van der Waals surface area contributed by atoms with Crippen molar-refractivity contribution < 1.29 is 4.79 Å².